The van der Waals surface area contributed by atoms with Crippen molar-refractivity contribution in [3.05, 3.63) is 23.8 Å². The van der Waals surface area contributed by atoms with E-state index in [4.69, 9.17) is 16.6 Å². The van der Waals surface area contributed by atoms with E-state index in [1.807, 2.05) is 0 Å². The van der Waals surface area contributed by atoms with E-state index in [0.29, 0.717) is 11.3 Å². The molecule has 0 saturated carbocycles. The topological polar surface area (TPSA) is 92.5 Å². The Labute approximate surface area is 76.8 Å². The summed E-state index contributed by atoms with van der Waals surface area (Å²) in [7, 11) is 0. The van der Waals surface area contributed by atoms with Gasteiger partial charge in [0, 0.05) is 0 Å². The molecule has 0 radical (unpaired) electrons. The van der Waals surface area contributed by atoms with Crippen LogP contribution in [-0.4, -0.2) is 16.8 Å². The third-order valence-electron chi connectivity index (χ3n) is 2.02. The summed E-state index contributed by atoms with van der Waals surface area (Å²) in [6.45, 7) is 1.49. The number of hydrogen-bond acceptors (Lipinski definition) is 4. The van der Waals surface area contributed by atoms with E-state index in [1.54, 1.807) is 19.1 Å². The van der Waals surface area contributed by atoms with Crippen LogP contribution in [0, 0.1) is 0 Å². The molecule has 13 heavy (non-hydrogen) atoms. The second-order valence-electron chi connectivity index (χ2n) is 3.35. The Morgan fingerprint density at radius 1 is 1.46 bits per heavy atom. The van der Waals surface area contributed by atoms with Crippen LogP contribution in [0.2, 0.25) is 0 Å². The first-order chi connectivity index (χ1) is 5.97. The van der Waals surface area contributed by atoms with Gasteiger partial charge in [0.05, 0.1) is 17.8 Å². The van der Waals surface area contributed by atoms with Gasteiger partial charge in [-0.3, -0.25) is 0 Å². The Morgan fingerprint density at radius 3 is 2.54 bits per heavy atom. The van der Waals surface area contributed by atoms with E-state index in [1.165, 1.54) is 6.07 Å². The van der Waals surface area contributed by atoms with E-state index in [2.05, 4.69) is 0 Å². The molecule has 0 aliphatic heterocycles. The molecule has 0 heterocycles. The first-order valence-corrected chi connectivity index (χ1v) is 3.96. The van der Waals surface area contributed by atoms with Crippen molar-refractivity contribution in [2.24, 2.45) is 5.73 Å². The van der Waals surface area contributed by atoms with E-state index in [9.17, 15) is 5.11 Å². The number of aromatic hydroxyl groups is 1. The molecule has 4 heteroatoms. The van der Waals surface area contributed by atoms with Crippen LogP contribution in [0.15, 0.2) is 18.2 Å². The van der Waals surface area contributed by atoms with Crippen molar-refractivity contribution in [3.63, 3.8) is 0 Å². The van der Waals surface area contributed by atoms with Gasteiger partial charge in [-0.25, -0.2) is 0 Å². The van der Waals surface area contributed by atoms with E-state index in [0.717, 1.165) is 0 Å². The first-order valence-electron chi connectivity index (χ1n) is 3.96. The Hall–Kier alpha value is -1.26. The van der Waals surface area contributed by atoms with Gasteiger partial charge in [0.2, 0.25) is 0 Å². The lowest BCUT2D eigenvalue weighted by Crippen LogP contribution is -2.36. The highest BCUT2D eigenvalue weighted by Gasteiger charge is 2.20. The predicted molar refractivity (Wildman–Crippen MR) is 51.1 cm³/mol. The lowest BCUT2D eigenvalue weighted by molar-refractivity contribution is 0.210. The Kier molecular flexibility index (Phi) is 2.45. The molecular formula is C9H14N2O2. The molecule has 4 nitrogen and oxygen atoms in total. The summed E-state index contributed by atoms with van der Waals surface area (Å²) in [5, 5.41) is 18.3. The largest absolute Gasteiger partial charge is 0.506 e. The molecule has 0 amide bonds. The summed E-state index contributed by atoms with van der Waals surface area (Å²) in [5.74, 6) is -0.0115. The molecule has 0 saturated heterocycles. The van der Waals surface area contributed by atoms with Crippen LogP contribution in [0.5, 0.6) is 5.75 Å². The molecule has 1 atom stereocenters. The van der Waals surface area contributed by atoms with Crippen molar-refractivity contribution in [2.75, 3.05) is 12.3 Å². The first kappa shape index (κ1) is 9.83. The fraction of sp³-hybridized carbons (Fsp3) is 0.333. The summed E-state index contributed by atoms with van der Waals surface area (Å²) in [6.07, 6.45) is 0. The highest BCUT2D eigenvalue weighted by molar-refractivity contribution is 5.53. The molecule has 1 aromatic carbocycles. The molecule has 0 spiro atoms. The lowest BCUT2D eigenvalue weighted by Gasteiger charge is -2.22. The van der Waals surface area contributed by atoms with Crippen molar-refractivity contribution >= 4 is 5.69 Å². The second-order valence-corrected chi connectivity index (χ2v) is 3.35. The molecule has 0 aliphatic carbocycles. The van der Waals surface area contributed by atoms with E-state index in [-0.39, 0.29) is 12.4 Å². The third kappa shape index (κ3) is 1.91. The maximum absolute atomic E-state index is 9.30. The highest BCUT2D eigenvalue weighted by atomic mass is 16.3. The maximum Gasteiger partial charge on any atom is 0.138 e. The molecule has 72 valence electrons. The third-order valence-corrected chi connectivity index (χ3v) is 2.02. The van der Waals surface area contributed by atoms with Crippen molar-refractivity contribution in [1.29, 1.82) is 0 Å². The molecule has 1 rings (SSSR count). The smallest absolute Gasteiger partial charge is 0.138 e. The van der Waals surface area contributed by atoms with E-state index < -0.39 is 5.54 Å². The molecule has 1 aromatic rings. The van der Waals surface area contributed by atoms with Crippen LogP contribution >= 0.6 is 0 Å². The zero-order valence-corrected chi connectivity index (χ0v) is 7.49. The minimum absolute atomic E-state index is 0.0115. The van der Waals surface area contributed by atoms with Gasteiger partial charge in [0.1, 0.15) is 5.75 Å². The van der Waals surface area contributed by atoms with Crippen molar-refractivity contribution in [2.45, 2.75) is 12.5 Å². The average molecular weight is 182 g/mol. The minimum atomic E-state index is -0.842. The standard InChI is InChI=1S/C9H14N2O2/c1-9(11,5-12)6-2-3-7(10)8(13)4-6/h2-4,12-13H,5,10-11H2,1H3/t9-/m0/s1. The van der Waals surface area contributed by atoms with Gasteiger partial charge in [0.25, 0.3) is 0 Å². The SMILES string of the molecule is C[C@](N)(CO)c1ccc(N)c(O)c1. The quantitative estimate of drug-likeness (QED) is 0.386. The Bertz CT molecular complexity index is 310. The number of benzene rings is 1. The highest BCUT2D eigenvalue weighted by Crippen LogP contribution is 2.26. The predicted octanol–water partition coefficient (Wildman–Crippen LogP) is 0.141. The fourth-order valence-corrected chi connectivity index (χ4v) is 0.990. The number of hydrogen-bond donors (Lipinski definition) is 4. The lowest BCUT2D eigenvalue weighted by atomic mass is 9.94. The summed E-state index contributed by atoms with van der Waals surface area (Å²) in [4.78, 5) is 0. The van der Waals surface area contributed by atoms with Gasteiger partial charge in [0.15, 0.2) is 0 Å². The van der Waals surface area contributed by atoms with Crippen LogP contribution < -0.4 is 11.5 Å². The molecule has 0 aromatic heterocycles. The van der Waals surface area contributed by atoms with Crippen molar-refractivity contribution < 1.29 is 10.2 Å². The van der Waals surface area contributed by atoms with Gasteiger partial charge in [-0.05, 0) is 24.6 Å². The minimum Gasteiger partial charge on any atom is -0.506 e. The fourth-order valence-electron chi connectivity index (χ4n) is 0.990. The number of nitrogen functional groups attached to an aromatic ring is 1. The summed E-state index contributed by atoms with van der Waals surface area (Å²) >= 11 is 0. The zero-order chi connectivity index (χ0) is 10.1. The number of aliphatic hydroxyl groups excluding tert-OH is 1. The van der Waals surface area contributed by atoms with Crippen molar-refractivity contribution in [1.82, 2.24) is 0 Å². The van der Waals surface area contributed by atoms with Gasteiger partial charge >= 0.3 is 0 Å². The molecular weight excluding hydrogens is 168 g/mol. The normalized spacial score (nSPS) is 15.3. The summed E-state index contributed by atoms with van der Waals surface area (Å²) < 4.78 is 0. The molecule has 0 aliphatic rings. The maximum atomic E-state index is 9.30. The molecule has 0 unspecified atom stereocenters. The van der Waals surface area contributed by atoms with Crippen molar-refractivity contribution in [3.8, 4) is 5.75 Å². The van der Waals surface area contributed by atoms with Crippen LogP contribution in [0.3, 0.4) is 0 Å². The van der Waals surface area contributed by atoms with Crippen LogP contribution in [0.1, 0.15) is 12.5 Å². The second kappa shape index (κ2) is 3.24. The van der Waals surface area contributed by atoms with Gasteiger partial charge in [-0.1, -0.05) is 6.07 Å². The number of aliphatic hydroxyl groups is 1. The Morgan fingerprint density at radius 2 is 2.08 bits per heavy atom. The molecule has 0 bridgehead atoms. The number of nitrogens with two attached hydrogens (primary N) is 2. The zero-order valence-electron chi connectivity index (χ0n) is 7.49. The number of anilines is 1. The van der Waals surface area contributed by atoms with Crippen LogP contribution in [0.4, 0.5) is 5.69 Å². The van der Waals surface area contributed by atoms with Crippen LogP contribution in [0.25, 0.3) is 0 Å². The monoisotopic (exact) mass is 182 g/mol. The van der Waals surface area contributed by atoms with E-state index >= 15 is 0 Å². The number of phenols is 1. The van der Waals surface area contributed by atoms with Gasteiger partial charge < -0.3 is 21.7 Å². The molecule has 0 fully saturated rings. The number of phenolic OH excluding ortho intramolecular Hbond substituents is 1. The number of rotatable bonds is 2. The summed E-state index contributed by atoms with van der Waals surface area (Å²) in [6, 6.07) is 4.71. The van der Waals surface area contributed by atoms with Crippen LogP contribution in [-0.2, 0) is 5.54 Å². The summed E-state index contributed by atoms with van der Waals surface area (Å²) in [5.41, 5.74) is 11.3. The average Bonchev–Trinajstić information content (AvgIpc) is 2.09. The Balaban J connectivity index is 3.10. The molecule has 6 N–H and O–H groups in total. The van der Waals surface area contributed by atoms with Gasteiger partial charge in [-0.2, -0.15) is 0 Å². The van der Waals surface area contributed by atoms with Gasteiger partial charge in [-0.15, -0.1) is 0 Å².